The van der Waals surface area contributed by atoms with Crippen LogP contribution in [-0.2, 0) is 10.0 Å². The first-order valence-corrected chi connectivity index (χ1v) is 6.17. The number of aromatic nitrogens is 1. The second kappa shape index (κ2) is 5.20. The van der Waals surface area contributed by atoms with E-state index < -0.39 is 10.0 Å². The zero-order valence-corrected chi connectivity index (χ0v) is 9.44. The highest BCUT2D eigenvalue weighted by atomic mass is 32.2. The van der Waals surface area contributed by atoms with Gasteiger partial charge in [0.2, 0.25) is 10.0 Å². The van der Waals surface area contributed by atoms with Gasteiger partial charge in [-0.2, -0.15) is 4.31 Å². The predicted molar refractivity (Wildman–Crippen MR) is 57.7 cm³/mol. The Morgan fingerprint density at radius 1 is 1.53 bits per heavy atom. The lowest BCUT2D eigenvalue weighted by molar-refractivity contribution is 0.435. The number of pyridine rings is 1. The summed E-state index contributed by atoms with van der Waals surface area (Å²) in [4.78, 5) is 4.00. The highest BCUT2D eigenvalue weighted by molar-refractivity contribution is 7.89. The topological polar surface area (TPSA) is 76.3 Å². The van der Waals surface area contributed by atoms with Crippen molar-refractivity contribution in [1.29, 1.82) is 0 Å². The minimum Gasteiger partial charge on any atom is -0.329 e. The Morgan fingerprint density at radius 2 is 2.27 bits per heavy atom. The minimum absolute atomic E-state index is 0.209. The average molecular weight is 229 g/mol. The molecule has 0 fully saturated rings. The third-order valence-electron chi connectivity index (χ3n) is 2.00. The first kappa shape index (κ1) is 12.1. The maximum atomic E-state index is 12.0. The van der Waals surface area contributed by atoms with Crippen molar-refractivity contribution >= 4 is 10.0 Å². The first-order chi connectivity index (χ1) is 7.12. The average Bonchev–Trinajstić information content (AvgIpc) is 2.27. The molecule has 2 N–H and O–H groups in total. The van der Waals surface area contributed by atoms with E-state index >= 15 is 0 Å². The first-order valence-electron chi connectivity index (χ1n) is 4.73. The number of likely N-dealkylation sites (N-methyl/N-ethyl adjacent to an activating group) is 1. The molecule has 1 rings (SSSR count). The zero-order chi connectivity index (χ0) is 11.3. The molecule has 0 aliphatic carbocycles. The molecule has 6 heteroatoms. The SMILES string of the molecule is CCN(CCN)S(=O)(=O)c1cccnc1. The second-order valence-corrected chi connectivity index (χ2v) is 4.91. The van der Waals surface area contributed by atoms with Crippen LogP contribution in [0.5, 0.6) is 0 Å². The van der Waals surface area contributed by atoms with E-state index in [9.17, 15) is 8.42 Å². The van der Waals surface area contributed by atoms with Gasteiger partial charge in [0.25, 0.3) is 0 Å². The molecule has 0 aliphatic heterocycles. The van der Waals surface area contributed by atoms with Crippen LogP contribution in [0.25, 0.3) is 0 Å². The van der Waals surface area contributed by atoms with Gasteiger partial charge in [-0.05, 0) is 12.1 Å². The largest absolute Gasteiger partial charge is 0.329 e. The number of nitrogens with zero attached hydrogens (tertiary/aromatic N) is 2. The van der Waals surface area contributed by atoms with Gasteiger partial charge >= 0.3 is 0 Å². The quantitative estimate of drug-likeness (QED) is 0.774. The van der Waals surface area contributed by atoms with Crippen LogP contribution in [0.4, 0.5) is 0 Å². The van der Waals surface area contributed by atoms with E-state index in [0.29, 0.717) is 19.6 Å². The Labute approximate surface area is 90.0 Å². The summed E-state index contributed by atoms with van der Waals surface area (Å²) in [6, 6.07) is 3.13. The van der Waals surface area contributed by atoms with Gasteiger partial charge in [0.1, 0.15) is 4.90 Å². The molecule has 0 amide bonds. The summed E-state index contributed by atoms with van der Waals surface area (Å²) in [6.45, 7) is 2.83. The van der Waals surface area contributed by atoms with Gasteiger partial charge < -0.3 is 5.73 Å². The molecule has 5 nitrogen and oxygen atoms in total. The number of sulfonamides is 1. The van der Waals surface area contributed by atoms with Crippen molar-refractivity contribution in [3.63, 3.8) is 0 Å². The van der Waals surface area contributed by atoms with Gasteiger partial charge in [0.05, 0.1) is 0 Å². The molecule has 0 aromatic carbocycles. The molecule has 1 aromatic rings. The summed E-state index contributed by atoms with van der Waals surface area (Å²) in [5.74, 6) is 0. The van der Waals surface area contributed by atoms with E-state index in [4.69, 9.17) is 5.73 Å². The fourth-order valence-corrected chi connectivity index (χ4v) is 2.67. The Hall–Kier alpha value is -0.980. The van der Waals surface area contributed by atoms with E-state index in [-0.39, 0.29) is 4.90 Å². The van der Waals surface area contributed by atoms with Crippen LogP contribution in [0.15, 0.2) is 29.4 Å². The molecule has 1 heterocycles. The molecular weight excluding hydrogens is 214 g/mol. The molecule has 0 saturated carbocycles. The van der Waals surface area contributed by atoms with Crippen molar-refractivity contribution < 1.29 is 8.42 Å². The van der Waals surface area contributed by atoms with Gasteiger partial charge in [-0.3, -0.25) is 4.98 Å². The standard InChI is InChI=1S/C9H15N3O2S/c1-2-12(7-5-10)15(13,14)9-4-3-6-11-8-9/h3-4,6,8H,2,5,7,10H2,1H3. The molecule has 1 aromatic heterocycles. The lowest BCUT2D eigenvalue weighted by Crippen LogP contribution is -2.35. The molecular formula is C9H15N3O2S. The van der Waals surface area contributed by atoms with Crippen LogP contribution in [0, 0.1) is 0 Å². The van der Waals surface area contributed by atoms with E-state index in [0.717, 1.165) is 0 Å². The van der Waals surface area contributed by atoms with Crippen LogP contribution in [0.2, 0.25) is 0 Å². The van der Waals surface area contributed by atoms with Crippen LogP contribution in [-0.4, -0.2) is 37.3 Å². The minimum atomic E-state index is -3.42. The molecule has 0 unspecified atom stereocenters. The molecule has 0 radical (unpaired) electrons. The Kier molecular flexibility index (Phi) is 4.19. The maximum absolute atomic E-state index is 12.0. The third-order valence-corrected chi connectivity index (χ3v) is 3.96. The third kappa shape index (κ3) is 2.74. The van der Waals surface area contributed by atoms with Gasteiger partial charge in [0, 0.05) is 32.0 Å². The van der Waals surface area contributed by atoms with Gasteiger partial charge in [-0.15, -0.1) is 0 Å². The van der Waals surface area contributed by atoms with E-state index in [1.54, 1.807) is 13.0 Å². The van der Waals surface area contributed by atoms with Crippen molar-refractivity contribution in [3.05, 3.63) is 24.5 Å². The van der Waals surface area contributed by atoms with Crippen molar-refractivity contribution in [2.75, 3.05) is 19.6 Å². The van der Waals surface area contributed by atoms with Crippen LogP contribution in [0.3, 0.4) is 0 Å². The number of rotatable bonds is 5. The number of nitrogens with two attached hydrogens (primary N) is 1. The van der Waals surface area contributed by atoms with Crippen LogP contribution in [0.1, 0.15) is 6.92 Å². The summed E-state index contributed by atoms with van der Waals surface area (Å²) in [6.07, 6.45) is 2.88. The van der Waals surface area contributed by atoms with Crippen LogP contribution < -0.4 is 5.73 Å². The Balaban J connectivity index is 3.01. The molecule has 0 bridgehead atoms. The molecule has 0 aliphatic rings. The van der Waals surface area contributed by atoms with Gasteiger partial charge in [-0.25, -0.2) is 8.42 Å². The lowest BCUT2D eigenvalue weighted by atomic mass is 10.5. The van der Waals surface area contributed by atoms with Crippen molar-refractivity contribution in [2.24, 2.45) is 5.73 Å². The zero-order valence-electron chi connectivity index (χ0n) is 8.63. The summed E-state index contributed by atoms with van der Waals surface area (Å²) in [7, 11) is -3.42. The molecule has 0 spiro atoms. The van der Waals surface area contributed by atoms with E-state index in [2.05, 4.69) is 4.98 Å². The van der Waals surface area contributed by atoms with Crippen molar-refractivity contribution in [1.82, 2.24) is 9.29 Å². The lowest BCUT2D eigenvalue weighted by Gasteiger charge is -2.19. The summed E-state index contributed by atoms with van der Waals surface area (Å²) in [5, 5.41) is 0. The van der Waals surface area contributed by atoms with Gasteiger partial charge in [-0.1, -0.05) is 6.92 Å². The maximum Gasteiger partial charge on any atom is 0.244 e. The number of hydrogen-bond acceptors (Lipinski definition) is 4. The molecule has 15 heavy (non-hydrogen) atoms. The summed E-state index contributed by atoms with van der Waals surface area (Å²) >= 11 is 0. The van der Waals surface area contributed by atoms with Crippen LogP contribution >= 0.6 is 0 Å². The van der Waals surface area contributed by atoms with Gasteiger partial charge in [0.15, 0.2) is 0 Å². The second-order valence-electron chi connectivity index (χ2n) is 2.97. The van der Waals surface area contributed by atoms with Crippen molar-refractivity contribution in [3.8, 4) is 0 Å². The molecule has 0 saturated heterocycles. The summed E-state index contributed by atoms with van der Waals surface area (Å²) < 4.78 is 25.3. The van der Waals surface area contributed by atoms with E-state index in [1.165, 1.54) is 22.8 Å². The monoisotopic (exact) mass is 229 g/mol. The highest BCUT2D eigenvalue weighted by Gasteiger charge is 2.21. The Bertz CT molecular complexity index is 391. The highest BCUT2D eigenvalue weighted by Crippen LogP contribution is 2.12. The fourth-order valence-electron chi connectivity index (χ4n) is 1.24. The normalized spacial score (nSPS) is 11.9. The van der Waals surface area contributed by atoms with E-state index in [1.807, 2.05) is 0 Å². The predicted octanol–water partition coefficient (Wildman–Crippen LogP) is 0.0509. The fraction of sp³-hybridized carbons (Fsp3) is 0.444. The summed E-state index contributed by atoms with van der Waals surface area (Å²) in [5.41, 5.74) is 5.36. The molecule has 84 valence electrons. The Morgan fingerprint density at radius 3 is 2.73 bits per heavy atom. The molecule has 0 atom stereocenters. The smallest absolute Gasteiger partial charge is 0.244 e. The number of hydrogen-bond donors (Lipinski definition) is 1. The van der Waals surface area contributed by atoms with Crippen molar-refractivity contribution in [2.45, 2.75) is 11.8 Å².